The van der Waals surface area contributed by atoms with Crippen LogP contribution in [0.2, 0.25) is 0 Å². The smallest absolute Gasteiger partial charge is 0.253 e. The summed E-state index contributed by atoms with van der Waals surface area (Å²) in [5.41, 5.74) is 0.874. The Bertz CT molecular complexity index is 475. The number of nitrogens with zero attached hydrogens (tertiary/aromatic N) is 2. The van der Waals surface area contributed by atoms with E-state index in [-0.39, 0.29) is 5.56 Å². The first-order valence-corrected chi connectivity index (χ1v) is 7.34. The number of aryl methyl sites for hydroxylation is 2. The van der Waals surface area contributed by atoms with Crippen LogP contribution in [0.25, 0.3) is 0 Å². The van der Waals surface area contributed by atoms with Gasteiger partial charge in [-0.3, -0.25) is 9.36 Å². The summed E-state index contributed by atoms with van der Waals surface area (Å²) in [6.07, 6.45) is 6.56. The number of nitrogens with one attached hydrogen (secondary N) is 1. The molecule has 0 radical (unpaired) electrons. The topological polar surface area (TPSA) is 46.9 Å². The maximum absolute atomic E-state index is 12.1. The normalized spacial score (nSPS) is 18.5. The second-order valence-corrected chi connectivity index (χ2v) is 5.69. The van der Waals surface area contributed by atoms with Crippen molar-refractivity contribution in [1.82, 2.24) is 14.9 Å². The summed E-state index contributed by atoms with van der Waals surface area (Å²) in [6, 6.07) is 2.00. The van der Waals surface area contributed by atoms with Crippen LogP contribution in [-0.2, 0) is 6.54 Å². The van der Waals surface area contributed by atoms with E-state index in [0.29, 0.717) is 12.0 Å². The molecule has 2 rings (SSSR count). The molecular formula is C15H25N3O. The van der Waals surface area contributed by atoms with Crippen LogP contribution in [0, 0.1) is 19.8 Å². The fourth-order valence-corrected chi connectivity index (χ4v) is 3.20. The Balaban J connectivity index is 2.16. The van der Waals surface area contributed by atoms with Gasteiger partial charge >= 0.3 is 0 Å². The van der Waals surface area contributed by atoms with Gasteiger partial charge in [0.1, 0.15) is 5.82 Å². The van der Waals surface area contributed by atoms with Crippen molar-refractivity contribution in [3.05, 3.63) is 27.9 Å². The summed E-state index contributed by atoms with van der Waals surface area (Å²) in [6.45, 7) is 4.52. The van der Waals surface area contributed by atoms with Crippen molar-refractivity contribution in [3.8, 4) is 0 Å². The number of hydrogen-bond donors (Lipinski definition) is 1. The molecule has 0 saturated heterocycles. The van der Waals surface area contributed by atoms with Crippen molar-refractivity contribution < 1.29 is 0 Å². The zero-order valence-corrected chi connectivity index (χ0v) is 12.3. The number of aromatic nitrogens is 2. The summed E-state index contributed by atoms with van der Waals surface area (Å²) < 4.78 is 1.81. The van der Waals surface area contributed by atoms with Gasteiger partial charge in [0.2, 0.25) is 0 Å². The van der Waals surface area contributed by atoms with Crippen LogP contribution in [0.4, 0.5) is 0 Å². The van der Waals surface area contributed by atoms with Crippen LogP contribution in [0.15, 0.2) is 10.9 Å². The third-order valence-corrected chi connectivity index (χ3v) is 4.30. The Morgan fingerprint density at radius 1 is 1.37 bits per heavy atom. The largest absolute Gasteiger partial charge is 0.315 e. The lowest BCUT2D eigenvalue weighted by Crippen LogP contribution is -2.41. The van der Waals surface area contributed by atoms with Gasteiger partial charge in [0, 0.05) is 24.3 Å². The molecule has 0 spiro atoms. The van der Waals surface area contributed by atoms with Gasteiger partial charge < -0.3 is 5.32 Å². The predicted octanol–water partition coefficient (Wildman–Crippen LogP) is 2.03. The van der Waals surface area contributed by atoms with Gasteiger partial charge in [-0.25, -0.2) is 4.98 Å². The predicted molar refractivity (Wildman–Crippen MR) is 77.4 cm³/mol. The van der Waals surface area contributed by atoms with E-state index >= 15 is 0 Å². The molecule has 4 nitrogen and oxygen atoms in total. The molecule has 19 heavy (non-hydrogen) atoms. The first kappa shape index (κ1) is 14.3. The summed E-state index contributed by atoms with van der Waals surface area (Å²) in [5.74, 6) is 1.51. The fraction of sp³-hybridized carbons (Fsp3) is 0.733. The number of rotatable bonds is 4. The highest BCUT2D eigenvalue weighted by Gasteiger charge is 2.23. The Morgan fingerprint density at radius 3 is 2.63 bits per heavy atom. The molecule has 1 saturated carbocycles. The first-order valence-electron chi connectivity index (χ1n) is 7.34. The molecule has 1 N–H and O–H groups in total. The average molecular weight is 263 g/mol. The molecule has 4 heteroatoms. The molecule has 0 aromatic carbocycles. The van der Waals surface area contributed by atoms with Gasteiger partial charge in [0.05, 0.1) is 0 Å². The van der Waals surface area contributed by atoms with Gasteiger partial charge in [-0.05, 0) is 39.7 Å². The van der Waals surface area contributed by atoms with Gasteiger partial charge in [0.25, 0.3) is 5.56 Å². The van der Waals surface area contributed by atoms with Crippen LogP contribution in [0.5, 0.6) is 0 Å². The van der Waals surface area contributed by atoms with Crippen LogP contribution in [0.1, 0.15) is 43.6 Å². The fourth-order valence-electron chi connectivity index (χ4n) is 3.20. The molecular weight excluding hydrogens is 238 g/mol. The van der Waals surface area contributed by atoms with E-state index < -0.39 is 0 Å². The third-order valence-electron chi connectivity index (χ3n) is 4.30. The second kappa shape index (κ2) is 6.33. The Kier molecular flexibility index (Phi) is 4.75. The highest BCUT2D eigenvalue weighted by molar-refractivity contribution is 5.02. The minimum atomic E-state index is 0.0704. The molecule has 1 heterocycles. The van der Waals surface area contributed by atoms with Gasteiger partial charge in [-0.2, -0.15) is 0 Å². The van der Waals surface area contributed by atoms with Crippen LogP contribution < -0.4 is 10.9 Å². The van der Waals surface area contributed by atoms with Crippen molar-refractivity contribution in [2.24, 2.45) is 5.92 Å². The molecule has 1 atom stereocenters. The second-order valence-electron chi connectivity index (χ2n) is 5.69. The molecule has 1 aliphatic carbocycles. The average Bonchev–Trinajstić information content (AvgIpc) is 2.39. The van der Waals surface area contributed by atoms with Crippen LogP contribution >= 0.6 is 0 Å². The Hall–Kier alpha value is -1.16. The zero-order chi connectivity index (χ0) is 13.8. The highest BCUT2D eigenvalue weighted by atomic mass is 16.1. The lowest BCUT2D eigenvalue weighted by molar-refractivity contribution is 0.254. The van der Waals surface area contributed by atoms with Crippen molar-refractivity contribution >= 4 is 0 Å². The van der Waals surface area contributed by atoms with E-state index in [1.54, 1.807) is 6.07 Å². The summed E-state index contributed by atoms with van der Waals surface area (Å²) in [5, 5.41) is 3.40. The Morgan fingerprint density at radius 2 is 2.05 bits per heavy atom. The highest BCUT2D eigenvalue weighted by Crippen LogP contribution is 2.27. The monoisotopic (exact) mass is 263 g/mol. The summed E-state index contributed by atoms with van der Waals surface area (Å²) in [7, 11) is 2.00. The van der Waals surface area contributed by atoms with Crippen molar-refractivity contribution in [2.45, 2.75) is 58.5 Å². The van der Waals surface area contributed by atoms with E-state index in [9.17, 15) is 4.79 Å². The van der Waals surface area contributed by atoms with Crippen LogP contribution in [-0.4, -0.2) is 22.6 Å². The molecule has 1 aliphatic rings. The van der Waals surface area contributed by atoms with E-state index in [2.05, 4.69) is 10.3 Å². The maximum Gasteiger partial charge on any atom is 0.253 e. The lowest BCUT2D eigenvalue weighted by Gasteiger charge is -2.30. The van der Waals surface area contributed by atoms with Crippen LogP contribution in [0.3, 0.4) is 0 Å². The minimum Gasteiger partial charge on any atom is -0.315 e. The summed E-state index contributed by atoms with van der Waals surface area (Å²) in [4.78, 5) is 16.5. The number of likely N-dealkylation sites (N-methyl/N-ethyl adjacent to an activating group) is 1. The van der Waals surface area contributed by atoms with Crippen molar-refractivity contribution in [2.75, 3.05) is 7.05 Å². The zero-order valence-electron chi connectivity index (χ0n) is 12.3. The van der Waals surface area contributed by atoms with Crippen molar-refractivity contribution in [3.63, 3.8) is 0 Å². The van der Waals surface area contributed by atoms with E-state index in [1.165, 1.54) is 32.1 Å². The van der Waals surface area contributed by atoms with Crippen molar-refractivity contribution in [1.29, 1.82) is 0 Å². The van der Waals surface area contributed by atoms with E-state index in [1.807, 2.05) is 25.5 Å². The molecule has 1 unspecified atom stereocenters. The standard InChI is InChI=1S/C15H25N3O/c1-11-9-15(19)18(12(2)17-11)10-14(16-3)13-7-5-4-6-8-13/h9,13-14,16H,4-8,10H2,1-3H3. The van der Waals surface area contributed by atoms with Gasteiger partial charge in [-0.15, -0.1) is 0 Å². The SMILES string of the molecule is CNC(Cn1c(C)nc(C)cc1=O)C1CCCCC1. The number of hydrogen-bond acceptors (Lipinski definition) is 3. The minimum absolute atomic E-state index is 0.0704. The molecule has 1 aromatic rings. The molecule has 0 amide bonds. The van der Waals surface area contributed by atoms with E-state index in [0.717, 1.165) is 18.1 Å². The van der Waals surface area contributed by atoms with E-state index in [4.69, 9.17) is 0 Å². The van der Waals surface area contributed by atoms with Gasteiger partial charge in [-0.1, -0.05) is 19.3 Å². The lowest BCUT2D eigenvalue weighted by atomic mass is 9.84. The molecule has 1 fully saturated rings. The Labute approximate surface area is 115 Å². The first-order chi connectivity index (χ1) is 9.11. The quantitative estimate of drug-likeness (QED) is 0.904. The molecule has 1 aromatic heterocycles. The third kappa shape index (κ3) is 3.44. The summed E-state index contributed by atoms with van der Waals surface area (Å²) >= 11 is 0. The maximum atomic E-state index is 12.1. The molecule has 106 valence electrons. The molecule has 0 aliphatic heterocycles. The molecule has 0 bridgehead atoms. The van der Waals surface area contributed by atoms with Gasteiger partial charge in [0.15, 0.2) is 0 Å².